The second kappa shape index (κ2) is 7.43. The normalized spacial score (nSPS) is 31.2. The zero-order valence-corrected chi connectivity index (χ0v) is 16.3. The summed E-state index contributed by atoms with van der Waals surface area (Å²) in [7, 11) is 3.47. The van der Waals surface area contributed by atoms with Crippen LogP contribution in [0.3, 0.4) is 0 Å². The van der Waals surface area contributed by atoms with Crippen LogP contribution in [0.2, 0.25) is 0 Å². The Kier molecular flexibility index (Phi) is 5.12. The maximum atomic E-state index is 12.7. The van der Waals surface area contributed by atoms with Crippen molar-refractivity contribution in [1.82, 2.24) is 15.1 Å². The van der Waals surface area contributed by atoms with Crippen LogP contribution in [0.25, 0.3) is 0 Å². The fourth-order valence-corrected chi connectivity index (χ4v) is 4.81. The molecule has 0 aromatic heterocycles. The van der Waals surface area contributed by atoms with Crippen LogP contribution < -0.4 is 5.32 Å². The van der Waals surface area contributed by atoms with E-state index >= 15 is 0 Å². The first-order chi connectivity index (χ1) is 13.3. The Morgan fingerprint density at radius 3 is 2.50 bits per heavy atom. The molecule has 2 heterocycles. The van der Waals surface area contributed by atoms with E-state index in [-0.39, 0.29) is 23.9 Å². The third-order valence-corrected chi connectivity index (χ3v) is 6.48. The van der Waals surface area contributed by atoms with Crippen molar-refractivity contribution in [3.05, 3.63) is 35.4 Å². The third kappa shape index (κ3) is 3.64. The molecule has 1 aromatic rings. The summed E-state index contributed by atoms with van der Waals surface area (Å²) in [6, 6.07) is 8.42. The summed E-state index contributed by atoms with van der Waals surface area (Å²) in [5.74, 6) is -1.47. The summed E-state index contributed by atoms with van der Waals surface area (Å²) in [4.78, 5) is 28.3. The summed E-state index contributed by atoms with van der Waals surface area (Å²) >= 11 is 0. The third-order valence-electron chi connectivity index (χ3n) is 6.48. The number of nitrogens with zero attached hydrogens (tertiary/aromatic N) is 2. The van der Waals surface area contributed by atoms with Gasteiger partial charge in [0.25, 0.3) is 5.91 Å². The monoisotopic (exact) mass is 391 g/mol. The summed E-state index contributed by atoms with van der Waals surface area (Å²) in [6.45, 7) is 0.779. The number of carbonyl (C=O) groups is 2. The number of rotatable bonds is 6. The van der Waals surface area contributed by atoms with E-state index in [2.05, 4.69) is 10.2 Å². The van der Waals surface area contributed by atoms with Crippen LogP contribution in [0.4, 0.5) is 8.78 Å². The Balaban J connectivity index is 1.35. The minimum absolute atomic E-state index is 0.0160. The number of carbonyl (C=O) groups excluding carboxylic acids is 2. The molecule has 1 aromatic carbocycles. The summed E-state index contributed by atoms with van der Waals surface area (Å²) in [5.41, 5.74) is 1.81. The highest BCUT2D eigenvalue weighted by Gasteiger charge is 2.51. The molecule has 3 fully saturated rings. The van der Waals surface area contributed by atoms with Crippen molar-refractivity contribution in [2.75, 3.05) is 14.1 Å². The molecule has 0 radical (unpaired) electrons. The Hall–Kier alpha value is -2.02. The predicted octanol–water partition coefficient (Wildman–Crippen LogP) is 2.51. The van der Waals surface area contributed by atoms with Gasteiger partial charge in [0.2, 0.25) is 12.3 Å². The molecular weight excluding hydrogens is 364 g/mol. The van der Waals surface area contributed by atoms with E-state index < -0.39 is 18.3 Å². The van der Waals surface area contributed by atoms with E-state index in [9.17, 15) is 18.4 Å². The van der Waals surface area contributed by atoms with Gasteiger partial charge in [-0.15, -0.1) is 0 Å². The van der Waals surface area contributed by atoms with Gasteiger partial charge in [0, 0.05) is 56.2 Å². The molecule has 5 nitrogen and oxygen atoms in total. The van der Waals surface area contributed by atoms with E-state index in [1.165, 1.54) is 0 Å². The Morgan fingerprint density at radius 2 is 1.89 bits per heavy atom. The highest BCUT2D eigenvalue weighted by Crippen LogP contribution is 2.44. The van der Waals surface area contributed by atoms with Crippen molar-refractivity contribution in [3.63, 3.8) is 0 Å². The lowest BCUT2D eigenvalue weighted by Crippen LogP contribution is -2.44. The lowest BCUT2D eigenvalue weighted by Gasteiger charge is -2.25. The van der Waals surface area contributed by atoms with Crippen LogP contribution >= 0.6 is 0 Å². The molecule has 3 aliphatic rings. The standard InChI is InChI=1S/C21H27F2N3O2/c1-25(2)21(28)13-5-3-12(4-6-13)11-26-14-7-8-18(26)17(9-14)24-20(27)16-10-15(16)19(22)23/h3-6,14-19H,7-11H2,1-2H3,(H,24,27)/t14-,15+,16+,17+,18+/m1/s1. The van der Waals surface area contributed by atoms with Crippen molar-refractivity contribution in [2.45, 2.75) is 56.8 Å². The van der Waals surface area contributed by atoms with E-state index in [1.807, 2.05) is 24.3 Å². The Morgan fingerprint density at radius 1 is 1.18 bits per heavy atom. The van der Waals surface area contributed by atoms with Gasteiger partial charge in [0.05, 0.1) is 0 Å². The van der Waals surface area contributed by atoms with Gasteiger partial charge in [-0.3, -0.25) is 14.5 Å². The zero-order valence-electron chi connectivity index (χ0n) is 16.3. The summed E-state index contributed by atoms with van der Waals surface area (Å²) in [6.07, 6.45) is 0.938. The average molecular weight is 391 g/mol. The lowest BCUT2D eigenvalue weighted by atomic mass is 9.95. The second-order valence-corrected chi connectivity index (χ2v) is 8.56. The quantitative estimate of drug-likeness (QED) is 0.811. The van der Waals surface area contributed by atoms with Crippen LogP contribution in [0, 0.1) is 11.8 Å². The molecule has 2 amide bonds. The molecule has 0 spiro atoms. The molecular formula is C21H27F2N3O2. The molecule has 4 rings (SSSR count). The number of nitrogens with one attached hydrogen (secondary N) is 1. The van der Waals surface area contributed by atoms with Gasteiger partial charge in [0.1, 0.15) is 0 Å². The van der Waals surface area contributed by atoms with E-state index in [0.717, 1.165) is 31.4 Å². The van der Waals surface area contributed by atoms with Gasteiger partial charge in [0.15, 0.2) is 0 Å². The van der Waals surface area contributed by atoms with Crippen LogP contribution in [0.5, 0.6) is 0 Å². The number of benzene rings is 1. The van der Waals surface area contributed by atoms with Gasteiger partial charge in [-0.2, -0.15) is 0 Å². The SMILES string of the molecule is CN(C)C(=O)c1ccc(CN2[C@@H]3CC[C@H]2[C@@H](NC(=O)[C@H]2C[C@@H]2C(F)F)C3)cc1. The minimum Gasteiger partial charge on any atom is -0.351 e. The number of hydrogen-bond donors (Lipinski definition) is 1. The van der Waals surface area contributed by atoms with E-state index in [0.29, 0.717) is 18.0 Å². The number of halogens is 2. The molecule has 2 aliphatic heterocycles. The first-order valence-electron chi connectivity index (χ1n) is 10.00. The summed E-state index contributed by atoms with van der Waals surface area (Å²) in [5, 5.41) is 3.05. The molecule has 7 heteroatoms. The Bertz CT molecular complexity index is 753. The first-order valence-corrected chi connectivity index (χ1v) is 10.00. The summed E-state index contributed by atoms with van der Waals surface area (Å²) < 4.78 is 25.4. The highest BCUT2D eigenvalue weighted by molar-refractivity contribution is 5.93. The number of amides is 2. The maximum Gasteiger partial charge on any atom is 0.253 e. The average Bonchev–Trinajstić information content (AvgIpc) is 3.33. The number of hydrogen-bond acceptors (Lipinski definition) is 3. The largest absolute Gasteiger partial charge is 0.351 e. The molecule has 2 saturated heterocycles. The topological polar surface area (TPSA) is 52.7 Å². The molecule has 1 saturated carbocycles. The molecule has 1 N–H and O–H groups in total. The molecule has 0 unspecified atom stereocenters. The van der Waals surface area contributed by atoms with E-state index in [4.69, 9.17) is 0 Å². The van der Waals surface area contributed by atoms with Crippen LogP contribution in [-0.4, -0.2) is 60.3 Å². The van der Waals surface area contributed by atoms with Gasteiger partial charge in [-0.05, 0) is 43.4 Å². The van der Waals surface area contributed by atoms with Gasteiger partial charge >= 0.3 is 0 Å². The highest BCUT2D eigenvalue weighted by atomic mass is 19.3. The molecule has 5 atom stereocenters. The van der Waals surface area contributed by atoms with Crippen molar-refractivity contribution in [3.8, 4) is 0 Å². The molecule has 152 valence electrons. The maximum absolute atomic E-state index is 12.7. The zero-order chi connectivity index (χ0) is 20.0. The van der Waals surface area contributed by atoms with Crippen LogP contribution in [0.1, 0.15) is 41.6 Å². The minimum atomic E-state index is -2.39. The fraction of sp³-hybridized carbons (Fsp3) is 0.619. The molecule has 1 aliphatic carbocycles. The second-order valence-electron chi connectivity index (χ2n) is 8.56. The number of fused-ring (bicyclic) bond motifs is 2. The van der Waals surface area contributed by atoms with Crippen molar-refractivity contribution in [1.29, 1.82) is 0 Å². The van der Waals surface area contributed by atoms with Gasteiger partial charge < -0.3 is 10.2 Å². The lowest BCUT2D eigenvalue weighted by molar-refractivity contribution is -0.124. The van der Waals surface area contributed by atoms with Crippen molar-refractivity contribution in [2.24, 2.45) is 11.8 Å². The molecule has 28 heavy (non-hydrogen) atoms. The van der Waals surface area contributed by atoms with Gasteiger partial charge in [-0.25, -0.2) is 8.78 Å². The predicted molar refractivity (Wildman–Crippen MR) is 101 cm³/mol. The smallest absolute Gasteiger partial charge is 0.253 e. The van der Waals surface area contributed by atoms with Gasteiger partial charge in [-0.1, -0.05) is 12.1 Å². The van der Waals surface area contributed by atoms with Crippen molar-refractivity contribution >= 4 is 11.8 Å². The Labute approximate surface area is 164 Å². The fourth-order valence-electron chi connectivity index (χ4n) is 4.81. The number of alkyl halides is 2. The van der Waals surface area contributed by atoms with Crippen LogP contribution in [0.15, 0.2) is 24.3 Å². The molecule has 2 bridgehead atoms. The first kappa shape index (κ1) is 19.3. The van der Waals surface area contributed by atoms with Crippen LogP contribution in [-0.2, 0) is 11.3 Å². The van der Waals surface area contributed by atoms with Crippen molar-refractivity contribution < 1.29 is 18.4 Å². The van der Waals surface area contributed by atoms with E-state index in [1.54, 1.807) is 19.0 Å².